The number of nitrogens with zero attached hydrogens (tertiary/aromatic N) is 2. The van der Waals surface area contributed by atoms with Crippen LogP contribution in [0.25, 0.3) is 0 Å². The molecule has 1 aromatic heterocycles. The monoisotopic (exact) mass is 432 g/mol. The summed E-state index contributed by atoms with van der Waals surface area (Å²) in [4.78, 5) is 25.5. The Morgan fingerprint density at radius 2 is 2.00 bits per heavy atom. The zero-order valence-corrected chi connectivity index (χ0v) is 16.6. The first-order valence-electron chi connectivity index (χ1n) is 8.78. The van der Waals surface area contributed by atoms with Crippen molar-refractivity contribution < 1.29 is 14.0 Å². The van der Waals surface area contributed by atoms with E-state index in [0.29, 0.717) is 17.0 Å². The second kappa shape index (κ2) is 8.85. The Kier molecular flexibility index (Phi) is 6.28. The van der Waals surface area contributed by atoms with Crippen LogP contribution in [0.15, 0.2) is 44.3 Å². The number of hydrazone groups is 1. The molecule has 2 N–H and O–H groups in total. The van der Waals surface area contributed by atoms with Crippen LogP contribution in [0.4, 0.5) is 11.6 Å². The van der Waals surface area contributed by atoms with Gasteiger partial charge in [0.25, 0.3) is 5.91 Å². The topological polar surface area (TPSA) is 86.9 Å². The molecule has 0 bridgehead atoms. The number of rotatable bonds is 5. The second-order valence-electron chi connectivity index (χ2n) is 6.31. The molecule has 142 valence electrons. The number of piperidine rings is 1. The summed E-state index contributed by atoms with van der Waals surface area (Å²) in [6.45, 7) is 3.37. The van der Waals surface area contributed by atoms with Gasteiger partial charge in [-0.25, -0.2) is 5.43 Å². The molecular weight excluding hydrogens is 412 g/mol. The van der Waals surface area contributed by atoms with E-state index in [0.717, 1.165) is 36.3 Å². The summed E-state index contributed by atoms with van der Waals surface area (Å²) < 4.78 is 6.71. The van der Waals surface area contributed by atoms with Gasteiger partial charge in [0.1, 0.15) is 0 Å². The van der Waals surface area contributed by atoms with Crippen LogP contribution in [0.2, 0.25) is 0 Å². The Morgan fingerprint density at radius 3 is 2.74 bits per heavy atom. The van der Waals surface area contributed by atoms with Gasteiger partial charge in [-0.15, -0.1) is 0 Å². The molecule has 0 aliphatic carbocycles. The molecule has 0 saturated carbocycles. The minimum atomic E-state index is -0.375. The predicted molar refractivity (Wildman–Crippen MR) is 108 cm³/mol. The van der Waals surface area contributed by atoms with Gasteiger partial charge in [0, 0.05) is 37.3 Å². The molecule has 1 fully saturated rings. The molecule has 1 aromatic carbocycles. The van der Waals surface area contributed by atoms with E-state index in [1.165, 1.54) is 19.6 Å². The maximum Gasteiger partial charge on any atom is 0.271 e. The van der Waals surface area contributed by atoms with E-state index in [-0.39, 0.29) is 11.8 Å². The van der Waals surface area contributed by atoms with Crippen molar-refractivity contribution >= 4 is 45.5 Å². The lowest BCUT2D eigenvalue weighted by Crippen LogP contribution is -2.29. The summed E-state index contributed by atoms with van der Waals surface area (Å²) >= 11 is 3.52. The van der Waals surface area contributed by atoms with E-state index < -0.39 is 0 Å². The van der Waals surface area contributed by atoms with E-state index in [4.69, 9.17) is 4.42 Å². The smallest absolute Gasteiger partial charge is 0.271 e. The van der Waals surface area contributed by atoms with Gasteiger partial charge in [-0.05, 0) is 53.4 Å². The van der Waals surface area contributed by atoms with Crippen molar-refractivity contribution in [3.05, 3.63) is 46.1 Å². The summed E-state index contributed by atoms with van der Waals surface area (Å²) in [5, 5.41) is 6.60. The van der Waals surface area contributed by atoms with Crippen molar-refractivity contribution in [3.63, 3.8) is 0 Å². The third-order valence-electron chi connectivity index (χ3n) is 4.13. The van der Waals surface area contributed by atoms with Gasteiger partial charge in [-0.3, -0.25) is 9.59 Å². The average Bonchev–Trinajstić information content (AvgIpc) is 3.02. The second-order valence-corrected chi connectivity index (χ2v) is 7.17. The number of hydrogen-bond donors (Lipinski definition) is 2. The lowest BCUT2D eigenvalue weighted by molar-refractivity contribution is -0.114. The van der Waals surface area contributed by atoms with Gasteiger partial charge in [-0.2, -0.15) is 5.10 Å². The number of carbonyl (C=O) groups excluding carboxylic acids is 2. The Hall–Kier alpha value is -2.61. The molecule has 8 heteroatoms. The Balaban J connectivity index is 1.62. The number of hydrogen-bond acceptors (Lipinski definition) is 5. The van der Waals surface area contributed by atoms with E-state index in [2.05, 4.69) is 36.7 Å². The molecule has 7 nitrogen and oxygen atoms in total. The Bertz CT molecular complexity index is 856. The maximum absolute atomic E-state index is 12.2. The van der Waals surface area contributed by atoms with Crippen LogP contribution >= 0.6 is 15.9 Å². The van der Waals surface area contributed by atoms with Crippen LogP contribution in [0.1, 0.15) is 42.3 Å². The number of furan rings is 1. The highest BCUT2D eigenvalue weighted by Crippen LogP contribution is 2.31. The normalized spacial score (nSPS) is 14.4. The predicted octanol–water partition coefficient (Wildman–Crippen LogP) is 3.75. The van der Waals surface area contributed by atoms with Crippen LogP contribution < -0.4 is 15.6 Å². The third kappa shape index (κ3) is 5.19. The molecule has 2 aromatic rings. The van der Waals surface area contributed by atoms with Gasteiger partial charge in [-0.1, -0.05) is 6.07 Å². The van der Waals surface area contributed by atoms with Gasteiger partial charge < -0.3 is 14.6 Å². The molecule has 1 aliphatic rings. The molecule has 2 amide bonds. The number of amides is 2. The van der Waals surface area contributed by atoms with Crippen molar-refractivity contribution in [2.75, 3.05) is 23.3 Å². The lowest BCUT2D eigenvalue weighted by Gasteiger charge is -2.26. The molecule has 1 aliphatic heterocycles. The first-order chi connectivity index (χ1) is 13.0. The fraction of sp³-hybridized carbons (Fsp3) is 0.316. The van der Waals surface area contributed by atoms with Crippen LogP contribution in [0.3, 0.4) is 0 Å². The highest BCUT2D eigenvalue weighted by molar-refractivity contribution is 9.10. The first kappa shape index (κ1) is 19.2. The summed E-state index contributed by atoms with van der Waals surface area (Å²) in [7, 11) is 0. The van der Waals surface area contributed by atoms with Crippen molar-refractivity contribution in [2.45, 2.75) is 26.2 Å². The molecule has 1 saturated heterocycles. The van der Waals surface area contributed by atoms with Crippen LogP contribution in [-0.4, -0.2) is 31.1 Å². The number of anilines is 2. The van der Waals surface area contributed by atoms with Crippen LogP contribution in [-0.2, 0) is 4.79 Å². The SMILES string of the molecule is CC(=O)Nc1cccc(C(=O)N/N=C\c2cc(Br)c(N3CCCCC3)o2)c1. The van der Waals surface area contributed by atoms with Crippen LogP contribution in [0.5, 0.6) is 0 Å². The molecular formula is C19H21BrN4O3. The zero-order valence-electron chi connectivity index (χ0n) is 15.0. The number of nitrogens with one attached hydrogen (secondary N) is 2. The molecule has 0 unspecified atom stereocenters. The Labute approximate surface area is 165 Å². The van der Waals surface area contributed by atoms with Crippen molar-refractivity contribution in [1.29, 1.82) is 0 Å². The minimum Gasteiger partial charge on any atom is -0.438 e. The quantitative estimate of drug-likeness (QED) is 0.556. The summed E-state index contributed by atoms with van der Waals surface area (Å²) in [5.74, 6) is 0.777. The Morgan fingerprint density at radius 1 is 1.22 bits per heavy atom. The third-order valence-corrected chi connectivity index (χ3v) is 4.70. The van der Waals surface area contributed by atoms with E-state index in [9.17, 15) is 9.59 Å². The number of benzene rings is 1. The molecule has 27 heavy (non-hydrogen) atoms. The van der Waals surface area contributed by atoms with Gasteiger partial charge in [0.05, 0.1) is 10.7 Å². The van der Waals surface area contributed by atoms with Crippen molar-refractivity contribution in [2.24, 2.45) is 5.10 Å². The standard InChI is InChI=1S/C19H21BrN4O3/c1-13(25)22-15-7-5-6-14(10-15)18(26)23-21-12-16-11-17(20)19(27-16)24-8-3-2-4-9-24/h5-7,10-12H,2-4,8-9H2,1H3,(H,22,25)(H,23,26)/b21-12-. The lowest BCUT2D eigenvalue weighted by atomic mass is 10.1. The maximum atomic E-state index is 12.2. The number of halogens is 1. The van der Waals surface area contributed by atoms with Crippen molar-refractivity contribution in [1.82, 2.24) is 5.43 Å². The fourth-order valence-electron chi connectivity index (χ4n) is 2.91. The molecule has 2 heterocycles. The first-order valence-corrected chi connectivity index (χ1v) is 9.57. The van der Waals surface area contributed by atoms with E-state index in [1.54, 1.807) is 24.3 Å². The minimum absolute atomic E-state index is 0.196. The summed E-state index contributed by atoms with van der Waals surface area (Å²) in [6, 6.07) is 8.47. The zero-order chi connectivity index (χ0) is 19.2. The fourth-order valence-corrected chi connectivity index (χ4v) is 3.47. The highest BCUT2D eigenvalue weighted by atomic mass is 79.9. The highest BCUT2D eigenvalue weighted by Gasteiger charge is 2.18. The summed E-state index contributed by atoms with van der Waals surface area (Å²) in [6.07, 6.45) is 5.03. The number of carbonyl (C=O) groups is 2. The summed E-state index contributed by atoms with van der Waals surface area (Å²) in [5.41, 5.74) is 3.42. The largest absolute Gasteiger partial charge is 0.438 e. The molecule has 0 radical (unpaired) electrons. The van der Waals surface area contributed by atoms with Gasteiger partial charge in [0.15, 0.2) is 5.76 Å². The van der Waals surface area contributed by atoms with Crippen LogP contribution in [0, 0.1) is 0 Å². The molecule has 3 rings (SSSR count). The molecule has 0 spiro atoms. The van der Waals surface area contributed by atoms with Gasteiger partial charge in [0.2, 0.25) is 11.8 Å². The average molecular weight is 433 g/mol. The van der Waals surface area contributed by atoms with E-state index in [1.807, 2.05) is 6.07 Å². The van der Waals surface area contributed by atoms with E-state index >= 15 is 0 Å². The van der Waals surface area contributed by atoms with Gasteiger partial charge >= 0.3 is 0 Å². The molecule has 0 atom stereocenters. The van der Waals surface area contributed by atoms with Crippen molar-refractivity contribution in [3.8, 4) is 0 Å².